The van der Waals surface area contributed by atoms with Gasteiger partial charge in [-0.2, -0.15) is 0 Å². The van der Waals surface area contributed by atoms with Crippen molar-refractivity contribution in [1.82, 2.24) is 0 Å². The third-order valence-corrected chi connectivity index (χ3v) is 3.43. The largest absolute Gasteiger partial charge is 0.462 e. The molecule has 0 saturated carbocycles. The molecule has 2 N–H and O–H groups in total. The summed E-state index contributed by atoms with van der Waals surface area (Å²) >= 11 is 0. The van der Waals surface area contributed by atoms with Crippen LogP contribution < -0.4 is 10.6 Å². The highest BCUT2D eigenvalue weighted by Crippen LogP contribution is 2.24. The van der Waals surface area contributed by atoms with Crippen molar-refractivity contribution in [2.45, 2.75) is 20.8 Å². The summed E-state index contributed by atoms with van der Waals surface area (Å²) in [5.74, 6) is -0.634. The number of rotatable bonds is 6. The first-order valence-electron chi connectivity index (χ1n) is 7.98. The van der Waals surface area contributed by atoms with Crippen LogP contribution in [0.5, 0.6) is 0 Å². The number of hydrogen-bond acceptors (Lipinski definition) is 4. The summed E-state index contributed by atoms with van der Waals surface area (Å²) in [6.07, 6.45) is 0. The van der Waals surface area contributed by atoms with Gasteiger partial charge in [-0.25, -0.2) is 4.79 Å². The number of esters is 1. The summed E-state index contributed by atoms with van der Waals surface area (Å²) in [7, 11) is 0. The molecule has 2 rings (SSSR count). The molecule has 0 aliphatic rings. The molecule has 5 heteroatoms. The molecule has 0 radical (unpaired) electrons. The number of nitrogens with one attached hydrogen (secondary N) is 2. The number of ether oxygens (including phenoxy) is 1. The molecule has 0 spiro atoms. The van der Waals surface area contributed by atoms with Crippen molar-refractivity contribution in [3.05, 3.63) is 59.2 Å². The number of benzene rings is 2. The zero-order chi connectivity index (χ0) is 17.5. The minimum Gasteiger partial charge on any atom is -0.462 e. The Kier molecular flexibility index (Phi) is 5.95. The number of anilines is 2. The maximum absolute atomic E-state index is 12.5. The van der Waals surface area contributed by atoms with E-state index in [1.807, 2.05) is 32.0 Å². The van der Waals surface area contributed by atoms with Gasteiger partial charge in [-0.3, -0.25) is 4.79 Å². The van der Waals surface area contributed by atoms with Gasteiger partial charge in [-0.15, -0.1) is 0 Å². The molecule has 24 heavy (non-hydrogen) atoms. The predicted molar refractivity (Wildman–Crippen MR) is 95.7 cm³/mol. The van der Waals surface area contributed by atoms with Gasteiger partial charge in [-0.05, 0) is 51.1 Å². The van der Waals surface area contributed by atoms with Crippen LogP contribution in [0.3, 0.4) is 0 Å². The quantitative estimate of drug-likeness (QED) is 0.791. The molecule has 0 fully saturated rings. The fourth-order valence-electron chi connectivity index (χ4n) is 2.31. The average Bonchev–Trinajstić information content (AvgIpc) is 2.56. The second-order valence-electron chi connectivity index (χ2n) is 5.33. The lowest BCUT2D eigenvalue weighted by molar-refractivity contribution is 0.0526. The molecule has 0 saturated heterocycles. The molecule has 0 aliphatic heterocycles. The third kappa shape index (κ3) is 4.35. The monoisotopic (exact) mass is 326 g/mol. The summed E-state index contributed by atoms with van der Waals surface area (Å²) in [6, 6.07) is 12.4. The molecule has 0 bridgehead atoms. The highest BCUT2D eigenvalue weighted by atomic mass is 16.5. The lowest BCUT2D eigenvalue weighted by Gasteiger charge is -2.14. The van der Waals surface area contributed by atoms with Crippen molar-refractivity contribution in [1.29, 1.82) is 0 Å². The molecule has 0 aliphatic carbocycles. The zero-order valence-corrected chi connectivity index (χ0v) is 14.2. The maximum atomic E-state index is 12.5. The fraction of sp³-hybridized carbons (Fsp3) is 0.263. The molecule has 5 nitrogen and oxygen atoms in total. The van der Waals surface area contributed by atoms with E-state index >= 15 is 0 Å². The standard InChI is InChI=1S/C19H22N2O3/c1-4-20-16-10-9-15(19(23)24-5-2)12-17(16)21-18(22)14-8-6-7-13(3)11-14/h6-12,20H,4-5H2,1-3H3,(H,21,22). The van der Waals surface area contributed by atoms with Crippen LogP contribution in [0.1, 0.15) is 40.1 Å². The Hall–Kier alpha value is -2.82. The van der Waals surface area contributed by atoms with Gasteiger partial charge in [0.2, 0.25) is 0 Å². The van der Waals surface area contributed by atoms with Crippen molar-refractivity contribution in [2.24, 2.45) is 0 Å². The summed E-state index contributed by atoms with van der Waals surface area (Å²) in [4.78, 5) is 24.4. The summed E-state index contributed by atoms with van der Waals surface area (Å²) in [6.45, 7) is 6.66. The number of carbonyl (C=O) groups excluding carboxylic acids is 2. The van der Waals surface area contributed by atoms with Crippen LogP contribution in [0.4, 0.5) is 11.4 Å². The van der Waals surface area contributed by atoms with Gasteiger partial charge >= 0.3 is 5.97 Å². The molecule has 0 unspecified atom stereocenters. The van der Waals surface area contributed by atoms with E-state index in [1.54, 1.807) is 31.2 Å². The highest BCUT2D eigenvalue weighted by Gasteiger charge is 2.13. The molecule has 0 aromatic heterocycles. The second kappa shape index (κ2) is 8.15. The van der Waals surface area contributed by atoms with Crippen LogP contribution in [0.25, 0.3) is 0 Å². The Labute approximate surface area is 142 Å². The van der Waals surface area contributed by atoms with Gasteiger partial charge in [-0.1, -0.05) is 17.7 Å². The first kappa shape index (κ1) is 17.5. The number of hydrogen-bond donors (Lipinski definition) is 2. The van der Waals surface area contributed by atoms with Crippen molar-refractivity contribution in [3.8, 4) is 0 Å². The zero-order valence-electron chi connectivity index (χ0n) is 14.2. The maximum Gasteiger partial charge on any atom is 0.338 e. The van der Waals surface area contributed by atoms with E-state index in [0.29, 0.717) is 30.0 Å². The number of amides is 1. The normalized spacial score (nSPS) is 10.1. The van der Waals surface area contributed by atoms with E-state index < -0.39 is 5.97 Å². The van der Waals surface area contributed by atoms with E-state index in [-0.39, 0.29) is 5.91 Å². The van der Waals surface area contributed by atoms with E-state index in [2.05, 4.69) is 10.6 Å². The summed E-state index contributed by atoms with van der Waals surface area (Å²) < 4.78 is 5.02. The topological polar surface area (TPSA) is 67.4 Å². The van der Waals surface area contributed by atoms with Crippen LogP contribution in [0, 0.1) is 6.92 Å². The Bertz CT molecular complexity index is 741. The Morgan fingerprint density at radius 1 is 1.00 bits per heavy atom. The van der Waals surface area contributed by atoms with E-state index in [9.17, 15) is 9.59 Å². The molecular formula is C19H22N2O3. The molecule has 126 valence electrons. The van der Waals surface area contributed by atoms with Crippen LogP contribution in [-0.4, -0.2) is 25.0 Å². The molecule has 1 amide bonds. The summed E-state index contributed by atoms with van der Waals surface area (Å²) in [5, 5.41) is 6.04. The van der Waals surface area contributed by atoms with Crippen LogP contribution >= 0.6 is 0 Å². The van der Waals surface area contributed by atoms with Crippen molar-refractivity contribution in [2.75, 3.05) is 23.8 Å². The Morgan fingerprint density at radius 3 is 2.46 bits per heavy atom. The molecular weight excluding hydrogens is 304 g/mol. The van der Waals surface area contributed by atoms with E-state index in [4.69, 9.17) is 4.74 Å². The Morgan fingerprint density at radius 2 is 1.79 bits per heavy atom. The molecule has 0 atom stereocenters. The van der Waals surface area contributed by atoms with Crippen LogP contribution in [-0.2, 0) is 4.74 Å². The third-order valence-electron chi connectivity index (χ3n) is 3.43. The molecule has 2 aromatic carbocycles. The van der Waals surface area contributed by atoms with E-state index in [1.165, 1.54) is 0 Å². The first-order valence-corrected chi connectivity index (χ1v) is 7.98. The van der Waals surface area contributed by atoms with Gasteiger partial charge in [0.05, 0.1) is 23.5 Å². The SMILES string of the molecule is CCNc1ccc(C(=O)OCC)cc1NC(=O)c1cccc(C)c1. The van der Waals surface area contributed by atoms with Crippen LogP contribution in [0.15, 0.2) is 42.5 Å². The summed E-state index contributed by atoms with van der Waals surface area (Å²) in [5.41, 5.74) is 3.28. The molecule has 0 heterocycles. The van der Waals surface area contributed by atoms with Crippen molar-refractivity contribution in [3.63, 3.8) is 0 Å². The first-order chi connectivity index (χ1) is 11.5. The minimum absolute atomic E-state index is 0.223. The van der Waals surface area contributed by atoms with Gasteiger partial charge < -0.3 is 15.4 Å². The van der Waals surface area contributed by atoms with Gasteiger partial charge in [0.25, 0.3) is 5.91 Å². The minimum atomic E-state index is -0.411. The smallest absolute Gasteiger partial charge is 0.338 e. The van der Waals surface area contributed by atoms with Crippen molar-refractivity contribution >= 4 is 23.3 Å². The van der Waals surface area contributed by atoms with Crippen LogP contribution in [0.2, 0.25) is 0 Å². The molecule has 2 aromatic rings. The van der Waals surface area contributed by atoms with Gasteiger partial charge in [0.15, 0.2) is 0 Å². The number of aryl methyl sites for hydroxylation is 1. The fourth-order valence-corrected chi connectivity index (χ4v) is 2.31. The van der Waals surface area contributed by atoms with Gasteiger partial charge in [0, 0.05) is 12.1 Å². The highest BCUT2D eigenvalue weighted by molar-refractivity contribution is 6.06. The second-order valence-corrected chi connectivity index (χ2v) is 5.33. The van der Waals surface area contributed by atoms with Gasteiger partial charge in [0.1, 0.15) is 0 Å². The predicted octanol–water partition coefficient (Wildman–Crippen LogP) is 3.86. The lowest BCUT2D eigenvalue weighted by Crippen LogP contribution is -2.15. The Balaban J connectivity index is 2.30. The van der Waals surface area contributed by atoms with E-state index in [0.717, 1.165) is 11.3 Å². The number of carbonyl (C=O) groups is 2. The average molecular weight is 326 g/mol. The van der Waals surface area contributed by atoms with Crippen molar-refractivity contribution < 1.29 is 14.3 Å². The lowest BCUT2D eigenvalue weighted by atomic mass is 10.1.